The van der Waals surface area contributed by atoms with Crippen molar-refractivity contribution in [1.82, 2.24) is 10.2 Å². The van der Waals surface area contributed by atoms with Crippen molar-refractivity contribution >= 4 is 0 Å². The van der Waals surface area contributed by atoms with Crippen molar-refractivity contribution in [2.24, 2.45) is 0 Å². The Morgan fingerprint density at radius 2 is 2.05 bits per heavy atom. The van der Waals surface area contributed by atoms with E-state index < -0.39 is 0 Å². The predicted octanol–water partition coefficient (Wildman–Crippen LogP) is 2.68. The molecule has 2 atom stereocenters. The summed E-state index contributed by atoms with van der Waals surface area (Å²) in [4.78, 5) is 0. The van der Waals surface area contributed by atoms with Crippen LogP contribution < -0.4 is 4.74 Å². The van der Waals surface area contributed by atoms with Gasteiger partial charge in [0.2, 0.25) is 11.8 Å². The highest BCUT2D eigenvalue weighted by Gasteiger charge is 2.26. The van der Waals surface area contributed by atoms with E-state index in [4.69, 9.17) is 13.9 Å². The molecule has 0 amide bonds. The van der Waals surface area contributed by atoms with Gasteiger partial charge >= 0.3 is 0 Å². The zero-order valence-electron chi connectivity index (χ0n) is 11.8. The normalized spacial score (nSPS) is 24.6. The van der Waals surface area contributed by atoms with Gasteiger partial charge in [0, 0.05) is 13.0 Å². The minimum atomic E-state index is 0.272. The first-order valence-corrected chi connectivity index (χ1v) is 7.52. The van der Waals surface area contributed by atoms with Gasteiger partial charge in [-0.3, -0.25) is 0 Å². The van der Waals surface area contributed by atoms with Gasteiger partial charge in [-0.05, 0) is 30.4 Å². The molecule has 2 aliphatic heterocycles. The lowest BCUT2D eigenvalue weighted by Gasteiger charge is -2.24. The van der Waals surface area contributed by atoms with Crippen LogP contribution in [0.4, 0.5) is 0 Å². The predicted molar refractivity (Wildman–Crippen MR) is 75.5 cm³/mol. The molecule has 1 saturated heterocycles. The fraction of sp³-hybridized carbons (Fsp3) is 0.500. The van der Waals surface area contributed by atoms with E-state index in [1.807, 2.05) is 12.1 Å². The Morgan fingerprint density at radius 1 is 1.10 bits per heavy atom. The summed E-state index contributed by atoms with van der Waals surface area (Å²) in [6.45, 7) is 2.23. The molecule has 5 heteroatoms. The van der Waals surface area contributed by atoms with Crippen LogP contribution in [0.1, 0.15) is 42.0 Å². The molecule has 1 fully saturated rings. The summed E-state index contributed by atoms with van der Waals surface area (Å²) >= 11 is 0. The highest BCUT2D eigenvalue weighted by molar-refractivity contribution is 5.38. The number of rotatable bonds is 3. The third kappa shape index (κ3) is 2.53. The van der Waals surface area contributed by atoms with Crippen molar-refractivity contribution in [3.05, 3.63) is 41.6 Å². The Hall–Kier alpha value is -1.88. The summed E-state index contributed by atoms with van der Waals surface area (Å²) in [6.07, 6.45) is 2.74. The molecule has 2 aliphatic rings. The number of benzene rings is 1. The van der Waals surface area contributed by atoms with Crippen LogP contribution in [0.25, 0.3) is 0 Å². The average molecular weight is 286 g/mol. The average Bonchev–Trinajstić information content (AvgIpc) is 3.18. The molecule has 4 rings (SSSR count). The summed E-state index contributed by atoms with van der Waals surface area (Å²) in [6, 6.07) is 8.21. The summed E-state index contributed by atoms with van der Waals surface area (Å²) in [5.41, 5.74) is 1.24. The van der Waals surface area contributed by atoms with Crippen LogP contribution in [0.5, 0.6) is 5.75 Å². The first-order valence-electron chi connectivity index (χ1n) is 7.52. The molecule has 0 aliphatic carbocycles. The maximum Gasteiger partial charge on any atom is 0.222 e. The lowest BCUT2D eigenvalue weighted by atomic mass is 9.90. The van der Waals surface area contributed by atoms with Gasteiger partial charge < -0.3 is 13.9 Å². The molecule has 1 aromatic carbocycles. The van der Waals surface area contributed by atoms with Crippen LogP contribution in [0.3, 0.4) is 0 Å². The molecule has 0 unspecified atom stereocenters. The van der Waals surface area contributed by atoms with Gasteiger partial charge in [0.05, 0.1) is 19.1 Å². The zero-order valence-corrected chi connectivity index (χ0v) is 11.8. The van der Waals surface area contributed by atoms with Crippen LogP contribution in [-0.2, 0) is 11.2 Å². The second kappa shape index (κ2) is 5.48. The summed E-state index contributed by atoms with van der Waals surface area (Å²) < 4.78 is 16.9. The fourth-order valence-electron chi connectivity index (χ4n) is 3.08. The van der Waals surface area contributed by atoms with Crippen LogP contribution in [0.15, 0.2) is 28.7 Å². The number of hydrogen-bond donors (Lipinski definition) is 0. The van der Waals surface area contributed by atoms with E-state index in [0.717, 1.165) is 50.0 Å². The highest BCUT2D eigenvalue weighted by atomic mass is 16.5. The molecule has 0 radical (unpaired) electrons. The molecule has 1 aromatic heterocycles. The fourth-order valence-corrected chi connectivity index (χ4v) is 3.08. The monoisotopic (exact) mass is 286 g/mol. The van der Waals surface area contributed by atoms with Gasteiger partial charge in [0.1, 0.15) is 5.75 Å². The third-order valence-electron chi connectivity index (χ3n) is 4.27. The lowest BCUT2D eigenvalue weighted by Crippen LogP contribution is -2.16. The van der Waals surface area contributed by atoms with Gasteiger partial charge in [-0.2, -0.15) is 0 Å². The second-order valence-electron chi connectivity index (χ2n) is 5.67. The summed E-state index contributed by atoms with van der Waals surface area (Å²) in [5.74, 6) is 3.09. The highest BCUT2D eigenvalue weighted by Crippen LogP contribution is 2.35. The third-order valence-corrected chi connectivity index (χ3v) is 4.27. The molecule has 2 aromatic rings. The Labute approximate surface area is 123 Å². The number of aromatic nitrogens is 2. The number of nitrogens with zero attached hydrogens (tertiary/aromatic N) is 2. The molecular weight excluding hydrogens is 268 g/mol. The molecular formula is C16H18N2O3. The van der Waals surface area contributed by atoms with Gasteiger partial charge in [-0.25, -0.2) is 0 Å². The van der Waals surface area contributed by atoms with E-state index in [1.54, 1.807) is 0 Å². The largest absolute Gasteiger partial charge is 0.493 e. The molecule has 3 heterocycles. The van der Waals surface area contributed by atoms with Gasteiger partial charge in [-0.1, -0.05) is 18.2 Å². The molecule has 21 heavy (non-hydrogen) atoms. The van der Waals surface area contributed by atoms with Crippen LogP contribution in [-0.4, -0.2) is 30.0 Å². The standard InChI is InChI=1S/C16H18N2O3/c1-2-4-14-13(3-1)11(6-8-20-14)9-15-17-18-16(21-15)12-5-7-19-10-12/h1-4,11-12H,5-10H2/t11-,12-/m0/s1. The van der Waals surface area contributed by atoms with Crippen molar-refractivity contribution < 1.29 is 13.9 Å². The van der Waals surface area contributed by atoms with Crippen LogP contribution in [0, 0.1) is 0 Å². The van der Waals surface area contributed by atoms with Crippen LogP contribution >= 0.6 is 0 Å². The minimum Gasteiger partial charge on any atom is -0.493 e. The Balaban J connectivity index is 1.51. The molecule has 110 valence electrons. The number of para-hydroxylation sites is 1. The van der Waals surface area contributed by atoms with Crippen LogP contribution in [0.2, 0.25) is 0 Å². The van der Waals surface area contributed by atoms with Crippen molar-refractivity contribution in [3.63, 3.8) is 0 Å². The van der Waals surface area contributed by atoms with E-state index in [1.165, 1.54) is 5.56 Å². The second-order valence-corrected chi connectivity index (χ2v) is 5.67. The summed E-state index contributed by atoms with van der Waals surface area (Å²) in [7, 11) is 0. The first kappa shape index (κ1) is 12.8. The quantitative estimate of drug-likeness (QED) is 0.868. The Bertz CT molecular complexity index is 619. The van der Waals surface area contributed by atoms with Crippen molar-refractivity contribution in [2.45, 2.75) is 31.1 Å². The van der Waals surface area contributed by atoms with E-state index in [0.29, 0.717) is 12.5 Å². The maximum atomic E-state index is 5.84. The molecule has 0 spiro atoms. The van der Waals surface area contributed by atoms with E-state index >= 15 is 0 Å². The van der Waals surface area contributed by atoms with E-state index in [-0.39, 0.29) is 5.92 Å². The van der Waals surface area contributed by atoms with Crippen molar-refractivity contribution in [2.75, 3.05) is 19.8 Å². The van der Waals surface area contributed by atoms with Gasteiger partial charge in [0.25, 0.3) is 0 Å². The first-order chi connectivity index (χ1) is 10.4. The molecule has 0 bridgehead atoms. The maximum absolute atomic E-state index is 5.84. The number of ether oxygens (including phenoxy) is 2. The zero-order chi connectivity index (χ0) is 14.1. The SMILES string of the molecule is c1ccc2c(c1)OCC[C@H]2Cc1nnc([C@H]2CCOC2)o1. The van der Waals surface area contributed by atoms with E-state index in [9.17, 15) is 0 Å². The minimum absolute atomic E-state index is 0.272. The number of fused-ring (bicyclic) bond motifs is 1. The lowest BCUT2D eigenvalue weighted by molar-refractivity contribution is 0.190. The smallest absolute Gasteiger partial charge is 0.222 e. The number of hydrogen-bond acceptors (Lipinski definition) is 5. The van der Waals surface area contributed by atoms with Gasteiger partial charge in [0.15, 0.2) is 0 Å². The molecule has 0 saturated carbocycles. The van der Waals surface area contributed by atoms with Crippen molar-refractivity contribution in [3.8, 4) is 5.75 Å². The van der Waals surface area contributed by atoms with E-state index in [2.05, 4.69) is 22.3 Å². The molecule has 0 N–H and O–H groups in total. The van der Waals surface area contributed by atoms with Crippen molar-refractivity contribution in [1.29, 1.82) is 0 Å². The Morgan fingerprint density at radius 3 is 2.95 bits per heavy atom. The summed E-state index contributed by atoms with van der Waals surface area (Å²) in [5, 5.41) is 8.41. The topological polar surface area (TPSA) is 57.4 Å². The van der Waals surface area contributed by atoms with Gasteiger partial charge in [-0.15, -0.1) is 10.2 Å². The Kier molecular flexibility index (Phi) is 3.35. The molecule has 5 nitrogen and oxygen atoms in total.